The summed E-state index contributed by atoms with van der Waals surface area (Å²) in [5.41, 5.74) is 6.25. The van der Waals surface area contributed by atoms with E-state index in [1.807, 2.05) is 13.0 Å². The lowest BCUT2D eigenvalue weighted by Gasteiger charge is -2.27. The molecule has 2 heterocycles. The number of morpholine rings is 1. The van der Waals surface area contributed by atoms with Crippen molar-refractivity contribution in [2.24, 2.45) is 5.10 Å². The van der Waals surface area contributed by atoms with Crippen molar-refractivity contribution in [3.05, 3.63) is 47.8 Å². The molecule has 1 saturated heterocycles. The summed E-state index contributed by atoms with van der Waals surface area (Å²) in [5, 5.41) is 4.41. The van der Waals surface area contributed by atoms with Gasteiger partial charge < -0.3 is 9.64 Å². The van der Waals surface area contributed by atoms with E-state index in [1.54, 1.807) is 6.33 Å². The predicted octanol–water partition coefficient (Wildman–Crippen LogP) is 2.46. The Morgan fingerprint density at radius 2 is 1.91 bits per heavy atom. The lowest BCUT2D eigenvalue weighted by atomic mass is 10.1. The average Bonchev–Trinajstić information content (AvgIpc) is 2.61. The monoisotopic (exact) mass is 311 g/mol. The second-order valence-electron chi connectivity index (χ2n) is 5.54. The normalized spacial score (nSPS) is 15.6. The van der Waals surface area contributed by atoms with Gasteiger partial charge in [0.25, 0.3) is 0 Å². The van der Waals surface area contributed by atoms with Gasteiger partial charge in [-0.25, -0.2) is 9.97 Å². The molecule has 2 aromatic rings. The summed E-state index contributed by atoms with van der Waals surface area (Å²) < 4.78 is 5.37. The van der Waals surface area contributed by atoms with Gasteiger partial charge in [0.15, 0.2) is 5.82 Å². The lowest BCUT2D eigenvalue weighted by Crippen LogP contribution is -2.36. The maximum absolute atomic E-state index is 5.37. The zero-order valence-corrected chi connectivity index (χ0v) is 13.5. The molecule has 1 aromatic heterocycles. The highest BCUT2D eigenvalue weighted by atomic mass is 16.5. The van der Waals surface area contributed by atoms with Crippen LogP contribution in [0.5, 0.6) is 0 Å². The van der Waals surface area contributed by atoms with Gasteiger partial charge >= 0.3 is 0 Å². The van der Waals surface area contributed by atoms with Crippen LogP contribution in [-0.4, -0.2) is 42.0 Å². The van der Waals surface area contributed by atoms with Crippen molar-refractivity contribution in [2.45, 2.75) is 13.8 Å². The van der Waals surface area contributed by atoms with Crippen molar-refractivity contribution >= 4 is 17.3 Å². The van der Waals surface area contributed by atoms with Crippen LogP contribution in [0.25, 0.3) is 0 Å². The molecule has 3 rings (SSSR count). The number of rotatable bonds is 4. The molecule has 0 radical (unpaired) electrons. The number of benzene rings is 1. The molecule has 23 heavy (non-hydrogen) atoms. The molecule has 0 bridgehead atoms. The Labute approximate surface area is 136 Å². The van der Waals surface area contributed by atoms with Crippen LogP contribution in [0.3, 0.4) is 0 Å². The summed E-state index contributed by atoms with van der Waals surface area (Å²) in [4.78, 5) is 10.7. The molecule has 0 atom stereocenters. The van der Waals surface area contributed by atoms with Gasteiger partial charge in [0.1, 0.15) is 12.1 Å². The molecule has 120 valence electrons. The molecule has 1 aromatic carbocycles. The van der Waals surface area contributed by atoms with Crippen LogP contribution in [0.4, 0.5) is 11.6 Å². The van der Waals surface area contributed by atoms with Crippen LogP contribution in [0.15, 0.2) is 41.8 Å². The van der Waals surface area contributed by atoms with Crippen molar-refractivity contribution in [1.82, 2.24) is 9.97 Å². The van der Waals surface area contributed by atoms with Crippen molar-refractivity contribution in [1.29, 1.82) is 0 Å². The Morgan fingerprint density at radius 1 is 1.17 bits per heavy atom. The summed E-state index contributed by atoms with van der Waals surface area (Å²) in [7, 11) is 0. The fourth-order valence-corrected chi connectivity index (χ4v) is 2.37. The number of nitrogens with one attached hydrogen (secondary N) is 1. The number of aromatic nitrogens is 2. The van der Waals surface area contributed by atoms with E-state index in [9.17, 15) is 0 Å². The van der Waals surface area contributed by atoms with Gasteiger partial charge in [0.05, 0.1) is 18.9 Å². The standard InChI is InChI=1S/C17H21N5O/c1-13-3-5-15(6-4-13)14(2)20-21-16-11-17(19-12-18-16)22-7-9-23-10-8-22/h3-6,11-12H,7-10H2,1-2H3,(H,18,19,21). The number of anilines is 2. The van der Waals surface area contributed by atoms with Gasteiger partial charge in [-0.05, 0) is 19.4 Å². The molecule has 1 aliphatic heterocycles. The topological polar surface area (TPSA) is 62.6 Å². The third-order valence-electron chi connectivity index (χ3n) is 3.80. The zero-order chi connectivity index (χ0) is 16.1. The van der Waals surface area contributed by atoms with Gasteiger partial charge in [0.2, 0.25) is 0 Å². The van der Waals surface area contributed by atoms with Gasteiger partial charge in [0, 0.05) is 19.2 Å². The van der Waals surface area contributed by atoms with E-state index in [2.05, 4.69) is 56.6 Å². The first-order valence-corrected chi connectivity index (χ1v) is 7.74. The Bertz CT molecular complexity index is 678. The van der Waals surface area contributed by atoms with Crippen molar-refractivity contribution < 1.29 is 4.74 Å². The van der Waals surface area contributed by atoms with Crippen LogP contribution in [0.1, 0.15) is 18.1 Å². The maximum atomic E-state index is 5.37. The lowest BCUT2D eigenvalue weighted by molar-refractivity contribution is 0.122. The first-order valence-electron chi connectivity index (χ1n) is 7.74. The average molecular weight is 311 g/mol. The molecule has 6 nitrogen and oxygen atoms in total. The molecule has 0 aliphatic carbocycles. The molecule has 1 aliphatic rings. The van der Waals surface area contributed by atoms with Crippen molar-refractivity contribution in [2.75, 3.05) is 36.6 Å². The number of hydrogen-bond donors (Lipinski definition) is 1. The molecular formula is C17H21N5O. The molecule has 0 saturated carbocycles. The molecule has 0 amide bonds. The van der Waals surface area contributed by atoms with Crippen LogP contribution in [0.2, 0.25) is 0 Å². The van der Waals surface area contributed by atoms with E-state index in [0.29, 0.717) is 5.82 Å². The van der Waals surface area contributed by atoms with E-state index in [1.165, 1.54) is 5.56 Å². The molecular weight excluding hydrogens is 290 g/mol. The highest BCUT2D eigenvalue weighted by Gasteiger charge is 2.12. The zero-order valence-electron chi connectivity index (χ0n) is 13.5. The Kier molecular flexibility index (Phi) is 4.83. The highest BCUT2D eigenvalue weighted by Crippen LogP contribution is 2.15. The van der Waals surface area contributed by atoms with Crippen molar-refractivity contribution in [3.8, 4) is 0 Å². The summed E-state index contributed by atoms with van der Waals surface area (Å²) in [5.74, 6) is 1.59. The second-order valence-corrected chi connectivity index (χ2v) is 5.54. The fraction of sp³-hybridized carbons (Fsp3) is 0.353. The minimum absolute atomic E-state index is 0.688. The smallest absolute Gasteiger partial charge is 0.151 e. The third kappa shape index (κ3) is 4.04. The summed E-state index contributed by atoms with van der Waals surface area (Å²) in [6.07, 6.45) is 1.56. The minimum Gasteiger partial charge on any atom is -0.378 e. The molecule has 1 N–H and O–H groups in total. The first-order chi connectivity index (χ1) is 11.2. The Morgan fingerprint density at radius 3 is 2.65 bits per heavy atom. The minimum atomic E-state index is 0.688. The van der Waals surface area contributed by atoms with E-state index >= 15 is 0 Å². The molecule has 6 heteroatoms. The molecule has 0 unspecified atom stereocenters. The van der Waals surface area contributed by atoms with E-state index in [-0.39, 0.29) is 0 Å². The van der Waals surface area contributed by atoms with Crippen LogP contribution in [0, 0.1) is 6.92 Å². The van der Waals surface area contributed by atoms with Crippen LogP contribution in [-0.2, 0) is 4.74 Å². The first kappa shape index (κ1) is 15.4. The molecule has 0 spiro atoms. The van der Waals surface area contributed by atoms with E-state index < -0.39 is 0 Å². The third-order valence-corrected chi connectivity index (χ3v) is 3.80. The molecule has 1 fully saturated rings. The second kappa shape index (κ2) is 7.19. The SMILES string of the molecule is CC(=NNc1cc(N2CCOCC2)ncn1)c1ccc(C)cc1. The maximum Gasteiger partial charge on any atom is 0.151 e. The van der Waals surface area contributed by atoms with Crippen LogP contribution < -0.4 is 10.3 Å². The van der Waals surface area contributed by atoms with Gasteiger partial charge in [-0.2, -0.15) is 5.10 Å². The summed E-state index contributed by atoms with van der Waals surface area (Å²) >= 11 is 0. The van der Waals surface area contributed by atoms with Gasteiger partial charge in [-0.3, -0.25) is 5.43 Å². The highest BCUT2D eigenvalue weighted by molar-refractivity contribution is 5.99. The fourth-order valence-electron chi connectivity index (χ4n) is 2.37. The number of ether oxygens (including phenoxy) is 1. The Hall–Kier alpha value is -2.47. The number of hydrazone groups is 1. The Balaban J connectivity index is 1.70. The number of nitrogens with zero attached hydrogens (tertiary/aromatic N) is 4. The van der Waals surface area contributed by atoms with Crippen LogP contribution >= 0.6 is 0 Å². The van der Waals surface area contributed by atoms with E-state index in [4.69, 9.17) is 4.74 Å². The summed E-state index contributed by atoms with van der Waals surface area (Å²) in [6.45, 7) is 7.21. The van der Waals surface area contributed by atoms with Gasteiger partial charge in [-0.15, -0.1) is 0 Å². The number of hydrogen-bond acceptors (Lipinski definition) is 6. The predicted molar refractivity (Wildman–Crippen MR) is 92.1 cm³/mol. The number of aryl methyl sites for hydroxylation is 1. The largest absolute Gasteiger partial charge is 0.378 e. The van der Waals surface area contributed by atoms with Gasteiger partial charge in [-0.1, -0.05) is 29.8 Å². The quantitative estimate of drug-likeness (QED) is 0.694. The summed E-state index contributed by atoms with van der Waals surface area (Å²) in [6, 6.07) is 10.2. The van der Waals surface area contributed by atoms with E-state index in [0.717, 1.165) is 43.4 Å². The van der Waals surface area contributed by atoms with Crippen molar-refractivity contribution in [3.63, 3.8) is 0 Å².